The summed E-state index contributed by atoms with van der Waals surface area (Å²) in [7, 11) is 0. The minimum absolute atomic E-state index is 0.498. The molecule has 110 valence electrons. The standard InChI is InChI=1S/C15H14FNO3S/c1-10(18)12-3-2-4-13(8-12)21-9-11-5-6-15(17(19)20)14(16)7-11/h2-8,10,18H,9H2,1H3. The zero-order chi connectivity index (χ0) is 15.4. The molecule has 0 aliphatic heterocycles. The van der Waals surface area contributed by atoms with E-state index >= 15 is 0 Å². The van der Waals surface area contributed by atoms with E-state index in [1.54, 1.807) is 13.0 Å². The van der Waals surface area contributed by atoms with E-state index in [4.69, 9.17) is 0 Å². The summed E-state index contributed by atoms with van der Waals surface area (Å²) in [6.45, 7) is 1.69. The van der Waals surface area contributed by atoms with E-state index in [1.807, 2.05) is 24.3 Å². The Hall–Kier alpha value is -1.92. The Labute approximate surface area is 125 Å². The molecule has 4 nitrogen and oxygen atoms in total. The molecule has 0 saturated heterocycles. The van der Waals surface area contributed by atoms with E-state index in [-0.39, 0.29) is 0 Å². The summed E-state index contributed by atoms with van der Waals surface area (Å²) in [6.07, 6.45) is -0.539. The van der Waals surface area contributed by atoms with Gasteiger partial charge in [-0.3, -0.25) is 10.1 Å². The smallest absolute Gasteiger partial charge is 0.304 e. The molecule has 0 aromatic heterocycles. The molecule has 0 radical (unpaired) electrons. The van der Waals surface area contributed by atoms with Gasteiger partial charge in [-0.25, -0.2) is 0 Å². The molecule has 0 bridgehead atoms. The fourth-order valence-corrected chi connectivity index (χ4v) is 2.73. The predicted molar refractivity (Wildman–Crippen MR) is 79.7 cm³/mol. The first-order valence-corrected chi connectivity index (χ1v) is 7.29. The van der Waals surface area contributed by atoms with Crippen molar-refractivity contribution < 1.29 is 14.4 Å². The minimum Gasteiger partial charge on any atom is -0.389 e. The zero-order valence-corrected chi connectivity index (χ0v) is 12.1. The highest BCUT2D eigenvalue weighted by molar-refractivity contribution is 7.98. The summed E-state index contributed by atoms with van der Waals surface area (Å²) in [4.78, 5) is 10.8. The van der Waals surface area contributed by atoms with Crippen molar-refractivity contribution in [2.24, 2.45) is 0 Å². The van der Waals surface area contributed by atoms with Gasteiger partial charge in [-0.05, 0) is 36.2 Å². The minimum atomic E-state index is -0.823. The summed E-state index contributed by atoms with van der Waals surface area (Å²) in [6, 6.07) is 11.4. The first-order chi connectivity index (χ1) is 9.97. The zero-order valence-electron chi connectivity index (χ0n) is 11.3. The number of aliphatic hydroxyl groups is 1. The average molecular weight is 307 g/mol. The van der Waals surface area contributed by atoms with Crippen molar-refractivity contribution in [2.45, 2.75) is 23.7 Å². The lowest BCUT2D eigenvalue weighted by atomic mass is 10.1. The maximum absolute atomic E-state index is 13.5. The highest BCUT2D eigenvalue weighted by atomic mass is 32.2. The van der Waals surface area contributed by atoms with Gasteiger partial charge in [0.1, 0.15) is 0 Å². The number of rotatable bonds is 5. The molecule has 1 N–H and O–H groups in total. The quantitative estimate of drug-likeness (QED) is 0.513. The summed E-state index contributed by atoms with van der Waals surface area (Å²) in [5.41, 5.74) is 0.972. The van der Waals surface area contributed by atoms with Crippen molar-refractivity contribution in [3.05, 3.63) is 69.5 Å². The maximum atomic E-state index is 13.5. The molecule has 1 unspecified atom stereocenters. The molecule has 0 amide bonds. The number of benzene rings is 2. The fraction of sp³-hybridized carbons (Fsp3) is 0.200. The van der Waals surface area contributed by atoms with Gasteiger partial charge >= 0.3 is 5.69 Å². The second-order valence-electron chi connectivity index (χ2n) is 4.58. The predicted octanol–water partition coefficient (Wildman–Crippen LogP) is 4.08. The van der Waals surface area contributed by atoms with Crippen LogP contribution in [0, 0.1) is 15.9 Å². The number of hydrogen-bond acceptors (Lipinski definition) is 4. The number of thioether (sulfide) groups is 1. The number of nitro benzene ring substituents is 1. The normalized spacial score (nSPS) is 12.1. The van der Waals surface area contributed by atoms with Crippen molar-refractivity contribution in [3.8, 4) is 0 Å². The van der Waals surface area contributed by atoms with Gasteiger partial charge in [0.15, 0.2) is 0 Å². The third-order valence-corrected chi connectivity index (χ3v) is 4.02. The monoisotopic (exact) mass is 307 g/mol. The van der Waals surface area contributed by atoms with Crippen molar-refractivity contribution in [3.63, 3.8) is 0 Å². The molecule has 1 atom stereocenters. The molecule has 0 saturated carbocycles. The second kappa shape index (κ2) is 6.69. The Bertz CT molecular complexity index is 661. The summed E-state index contributed by atoms with van der Waals surface area (Å²) in [5, 5.41) is 20.1. The molecular weight excluding hydrogens is 293 g/mol. The van der Waals surface area contributed by atoms with Gasteiger partial charge in [-0.2, -0.15) is 4.39 Å². The highest BCUT2D eigenvalue weighted by Gasteiger charge is 2.13. The van der Waals surface area contributed by atoms with Gasteiger partial charge in [-0.15, -0.1) is 11.8 Å². The second-order valence-corrected chi connectivity index (χ2v) is 5.63. The van der Waals surface area contributed by atoms with Crippen LogP contribution in [0.2, 0.25) is 0 Å². The molecule has 0 aliphatic rings. The van der Waals surface area contributed by atoms with Crippen molar-refractivity contribution in [1.82, 2.24) is 0 Å². The lowest BCUT2D eigenvalue weighted by Crippen LogP contribution is -1.94. The van der Waals surface area contributed by atoms with E-state index in [0.717, 1.165) is 10.5 Å². The van der Waals surface area contributed by atoms with Crippen LogP contribution in [0.1, 0.15) is 24.2 Å². The number of nitrogens with zero attached hydrogens (tertiary/aromatic N) is 1. The molecule has 2 aromatic rings. The van der Waals surface area contributed by atoms with Gasteiger partial charge in [0.05, 0.1) is 11.0 Å². The van der Waals surface area contributed by atoms with Crippen LogP contribution in [0.4, 0.5) is 10.1 Å². The van der Waals surface area contributed by atoms with Crippen LogP contribution in [-0.4, -0.2) is 10.0 Å². The molecule has 0 aliphatic carbocycles. The van der Waals surface area contributed by atoms with Crippen LogP contribution in [0.25, 0.3) is 0 Å². The first-order valence-electron chi connectivity index (χ1n) is 6.31. The van der Waals surface area contributed by atoms with Gasteiger partial charge in [-0.1, -0.05) is 18.2 Å². The molecule has 0 fully saturated rings. The first kappa shape index (κ1) is 15.5. The molecule has 6 heteroatoms. The SMILES string of the molecule is CC(O)c1cccc(SCc2ccc([N+](=O)[O-])c(F)c2)c1. The maximum Gasteiger partial charge on any atom is 0.304 e. The highest BCUT2D eigenvalue weighted by Crippen LogP contribution is 2.27. The Morgan fingerprint density at radius 2 is 2.10 bits per heavy atom. The van der Waals surface area contributed by atoms with Crippen molar-refractivity contribution in [1.29, 1.82) is 0 Å². The van der Waals surface area contributed by atoms with Crippen molar-refractivity contribution >= 4 is 17.4 Å². The fourth-order valence-electron chi connectivity index (χ4n) is 1.82. The lowest BCUT2D eigenvalue weighted by Gasteiger charge is -2.07. The van der Waals surface area contributed by atoms with Crippen LogP contribution >= 0.6 is 11.8 Å². The van der Waals surface area contributed by atoms with Gasteiger partial charge < -0.3 is 5.11 Å². The Morgan fingerprint density at radius 1 is 1.33 bits per heavy atom. The largest absolute Gasteiger partial charge is 0.389 e. The van der Waals surface area contributed by atoms with Gasteiger partial charge in [0.25, 0.3) is 0 Å². The Kier molecular flexibility index (Phi) is 4.93. The molecule has 2 aromatic carbocycles. The van der Waals surface area contributed by atoms with Crippen LogP contribution < -0.4 is 0 Å². The number of aliphatic hydroxyl groups excluding tert-OH is 1. The molecule has 2 rings (SSSR count). The lowest BCUT2D eigenvalue weighted by molar-refractivity contribution is -0.387. The Balaban J connectivity index is 2.08. The number of hydrogen-bond donors (Lipinski definition) is 1. The van der Waals surface area contributed by atoms with Crippen LogP contribution in [-0.2, 0) is 5.75 Å². The van der Waals surface area contributed by atoms with Crippen LogP contribution in [0.15, 0.2) is 47.4 Å². The van der Waals surface area contributed by atoms with E-state index in [0.29, 0.717) is 11.3 Å². The third-order valence-electron chi connectivity index (χ3n) is 2.95. The number of nitro groups is 1. The topological polar surface area (TPSA) is 63.4 Å². The van der Waals surface area contributed by atoms with E-state index in [2.05, 4.69) is 0 Å². The number of halogens is 1. The molecule has 0 heterocycles. The van der Waals surface area contributed by atoms with Gasteiger partial charge in [0, 0.05) is 16.7 Å². The molecule has 0 spiro atoms. The van der Waals surface area contributed by atoms with Gasteiger partial charge in [0.2, 0.25) is 5.82 Å². The summed E-state index contributed by atoms with van der Waals surface area (Å²) >= 11 is 1.48. The summed E-state index contributed by atoms with van der Waals surface area (Å²) < 4.78 is 13.5. The van der Waals surface area contributed by atoms with E-state index < -0.39 is 22.5 Å². The van der Waals surface area contributed by atoms with E-state index in [9.17, 15) is 19.6 Å². The van der Waals surface area contributed by atoms with Crippen LogP contribution in [0.5, 0.6) is 0 Å². The molecule has 21 heavy (non-hydrogen) atoms. The van der Waals surface area contributed by atoms with Crippen molar-refractivity contribution in [2.75, 3.05) is 0 Å². The molecular formula is C15H14FNO3S. The third kappa shape index (κ3) is 4.03. The Morgan fingerprint density at radius 3 is 2.71 bits per heavy atom. The average Bonchev–Trinajstić information content (AvgIpc) is 2.45. The summed E-state index contributed by atoms with van der Waals surface area (Å²) in [5.74, 6) is -0.325. The van der Waals surface area contributed by atoms with E-state index in [1.165, 1.54) is 23.9 Å². The van der Waals surface area contributed by atoms with Crippen LogP contribution in [0.3, 0.4) is 0 Å².